The van der Waals surface area contributed by atoms with Crippen LogP contribution >= 0.6 is 0 Å². The summed E-state index contributed by atoms with van der Waals surface area (Å²) in [6.45, 7) is 0. The maximum Gasteiger partial charge on any atom is 0.206 e. The van der Waals surface area contributed by atoms with Crippen molar-refractivity contribution in [2.24, 2.45) is 0 Å². The Kier molecular flexibility index (Phi) is 2.14. The van der Waals surface area contributed by atoms with Gasteiger partial charge >= 0.3 is 0 Å². The van der Waals surface area contributed by atoms with E-state index in [0.717, 1.165) is 6.20 Å². The molecule has 4 N–H and O–H groups in total. The van der Waals surface area contributed by atoms with E-state index < -0.39 is 17.3 Å². The molecule has 0 bridgehead atoms. The summed E-state index contributed by atoms with van der Waals surface area (Å²) < 4.78 is 4.69. The molecule has 0 radical (unpaired) electrons. The Balaban J connectivity index is 3.07. The van der Waals surface area contributed by atoms with Gasteiger partial charge in [-0.15, -0.1) is 0 Å². The Bertz CT molecular complexity index is 277. The second-order valence-electron chi connectivity index (χ2n) is 2.11. The zero-order chi connectivity index (χ0) is 9.14. The van der Waals surface area contributed by atoms with E-state index in [1.807, 2.05) is 0 Å². The van der Waals surface area contributed by atoms with Crippen LogP contribution in [-0.2, 0) is 4.74 Å². The van der Waals surface area contributed by atoms with Gasteiger partial charge in [0, 0.05) is 12.4 Å². The van der Waals surface area contributed by atoms with Crippen LogP contribution in [0.5, 0.6) is 0 Å². The molecule has 5 heteroatoms. The van der Waals surface area contributed by atoms with Crippen LogP contribution in [0.1, 0.15) is 0 Å². The zero-order valence-electron chi connectivity index (χ0n) is 6.40. The van der Waals surface area contributed by atoms with Crippen LogP contribution in [0.15, 0.2) is 35.4 Å². The quantitative estimate of drug-likeness (QED) is 0.469. The van der Waals surface area contributed by atoms with Gasteiger partial charge in [-0.1, -0.05) is 0 Å². The van der Waals surface area contributed by atoms with Crippen LogP contribution in [-0.4, -0.2) is 22.4 Å². The van der Waals surface area contributed by atoms with Gasteiger partial charge in [-0.3, -0.25) is 0 Å². The van der Waals surface area contributed by atoms with Gasteiger partial charge in [0.05, 0.1) is 7.11 Å². The van der Waals surface area contributed by atoms with Gasteiger partial charge in [-0.25, -0.2) is 0 Å². The fourth-order valence-electron chi connectivity index (χ4n) is 0.727. The number of aliphatic hydroxyl groups is 3. The van der Waals surface area contributed by atoms with E-state index in [0.29, 0.717) is 0 Å². The molecule has 0 aromatic heterocycles. The van der Waals surface area contributed by atoms with Gasteiger partial charge in [0.15, 0.2) is 11.5 Å². The fraction of sp³-hybridized carbons (Fsp3) is 0.143. The van der Waals surface area contributed by atoms with Crippen molar-refractivity contribution >= 4 is 0 Å². The van der Waals surface area contributed by atoms with E-state index in [-0.39, 0.29) is 5.76 Å². The maximum absolute atomic E-state index is 9.18. The molecule has 1 heterocycles. The molecule has 1 aliphatic rings. The molecule has 66 valence electrons. The van der Waals surface area contributed by atoms with Crippen molar-refractivity contribution in [3.8, 4) is 0 Å². The van der Waals surface area contributed by atoms with Crippen molar-refractivity contribution < 1.29 is 20.1 Å². The summed E-state index contributed by atoms with van der Waals surface area (Å²) in [6, 6.07) is 0. The summed E-state index contributed by atoms with van der Waals surface area (Å²) in [6.07, 6.45) is 2.42. The van der Waals surface area contributed by atoms with Crippen LogP contribution in [0.25, 0.3) is 0 Å². The maximum atomic E-state index is 9.18. The van der Waals surface area contributed by atoms with Gasteiger partial charge in [0.1, 0.15) is 0 Å². The smallest absolute Gasteiger partial charge is 0.206 e. The van der Waals surface area contributed by atoms with Gasteiger partial charge in [0.2, 0.25) is 11.5 Å². The van der Waals surface area contributed by atoms with Gasteiger partial charge in [0.25, 0.3) is 0 Å². The van der Waals surface area contributed by atoms with Crippen LogP contribution in [0, 0.1) is 0 Å². The van der Waals surface area contributed by atoms with E-state index in [4.69, 9.17) is 10.2 Å². The Morgan fingerprint density at radius 1 is 1.17 bits per heavy atom. The first-order chi connectivity index (χ1) is 5.66. The van der Waals surface area contributed by atoms with Crippen LogP contribution < -0.4 is 5.32 Å². The molecule has 5 nitrogen and oxygen atoms in total. The van der Waals surface area contributed by atoms with E-state index in [2.05, 4.69) is 10.1 Å². The van der Waals surface area contributed by atoms with Crippen molar-refractivity contribution in [2.75, 3.05) is 7.11 Å². The minimum atomic E-state index is -0.617. The van der Waals surface area contributed by atoms with Crippen molar-refractivity contribution in [1.82, 2.24) is 5.32 Å². The normalized spacial score (nSPS) is 17.4. The third-order valence-electron chi connectivity index (χ3n) is 1.35. The number of methoxy groups -OCH3 is 1. The topological polar surface area (TPSA) is 82.0 Å². The molecule has 1 rings (SSSR count). The van der Waals surface area contributed by atoms with Crippen LogP contribution in [0.3, 0.4) is 0 Å². The number of hydrogen-bond acceptors (Lipinski definition) is 5. The molecule has 12 heavy (non-hydrogen) atoms. The van der Waals surface area contributed by atoms with Crippen molar-refractivity contribution in [1.29, 1.82) is 0 Å². The third kappa shape index (κ3) is 1.29. The lowest BCUT2D eigenvalue weighted by Gasteiger charge is -2.03. The Hall–Kier alpha value is -1.78. The average molecular weight is 171 g/mol. The highest BCUT2D eigenvalue weighted by Gasteiger charge is 2.16. The molecule has 0 saturated heterocycles. The molecular formula is C7H9NO4. The number of ether oxygens (including phenoxy) is 1. The standard InChI is InChI=1S/C7H9NO4/c1-12-5-3-8-2-4(9)6(10)7(5)11/h2-3,8-11H,1H3. The van der Waals surface area contributed by atoms with Crippen LogP contribution in [0.2, 0.25) is 0 Å². The predicted octanol–water partition coefficient (Wildman–Crippen LogP) is 0.804. The first-order valence-electron chi connectivity index (χ1n) is 3.19. The van der Waals surface area contributed by atoms with E-state index in [1.165, 1.54) is 13.3 Å². The zero-order valence-corrected chi connectivity index (χ0v) is 6.40. The Labute approximate surface area is 68.9 Å². The van der Waals surface area contributed by atoms with Gasteiger partial charge < -0.3 is 25.4 Å². The Morgan fingerprint density at radius 3 is 2.42 bits per heavy atom. The molecule has 0 fully saturated rings. The Morgan fingerprint density at radius 2 is 1.83 bits per heavy atom. The number of hydrogen-bond donors (Lipinski definition) is 4. The summed E-state index contributed by atoms with van der Waals surface area (Å²) >= 11 is 0. The summed E-state index contributed by atoms with van der Waals surface area (Å²) in [5.74, 6) is -1.52. The monoisotopic (exact) mass is 171 g/mol. The van der Waals surface area contributed by atoms with Crippen molar-refractivity contribution in [3.63, 3.8) is 0 Å². The summed E-state index contributed by atoms with van der Waals surface area (Å²) in [4.78, 5) is 0. The lowest BCUT2D eigenvalue weighted by atomic mass is 10.3. The van der Waals surface area contributed by atoms with Crippen molar-refractivity contribution in [2.45, 2.75) is 0 Å². The first-order valence-corrected chi connectivity index (χ1v) is 3.19. The van der Waals surface area contributed by atoms with Crippen molar-refractivity contribution in [3.05, 3.63) is 35.4 Å². The molecule has 0 aliphatic carbocycles. The molecule has 0 aromatic carbocycles. The highest BCUT2D eigenvalue weighted by molar-refractivity contribution is 5.33. The lowest BCUT2D eigenvalue weighted by Crippen LogP contribution is -1.98. The minimum absolute atomic E-state index is 0.0489. The highest BCUT2D eigenvalue weighted by atomic mass is 16.5. The second-order valence-corrected chi connectivity index (χ2v) is 2.11. The number of rotatable bonds is 1. The van der Waals surface area contributed by atoms with E-state index >= 15 is 0 Å². The second kappa shape index (κ2) is 3.08. The molecule has 0 saturated carbocycles. The van der Waals surface area contributed by atoms with E-state index in [9.17, 15) is 5.11 Å². The molecule has 0 unspecified atom stereocenters. The van der Waals surface area contributed by atoms with E-state index in [1.54, 1.807) is 0 Å². The molecule has 0 amide bonds. The molecular weight excluding hydrogens is 162 g/mol. The summed E-state index contributed by atoms with van der Waals surface area (Å²) in [7, 11) is 1.33. The molecule has 0 spiro atoms. The molecule has 0 atom stereocenters. The average Bonchev–Trinajstić information content (AvgIpc) is 2.19. The van der Waals surface area contributed by atoms with Crippen LogP contribution in [0.4, 0.5) is 0 Å². The molecule has 1 aliphatic heterocycles. The van der Waals surface area contributed by atoms with Gasteiger partial charge in [-0.2, -0.15) is 0 Å². The van der Waals surface area contributed by atoms with Gasteiger partial charge in [-0.05, 0) is 0 Å². The predicted molar refractivity (Wildman–Crippen MR) is 41.2 cm³/mol. The lowest BCUT2D eigenvalue weighted by molar-refractivity contribution is 0.229. The first kappa shape index (κ1) is 8.32. The fourth-order valence-corrected chi connectivity index (χ4v) is 0.727. The number of nitrogens with one attached hydrogen (secondary N) is 1. The largest absolute Gasteiger partial charge is 0.503 e. The summed E-state index contributed by atoms with van der Waals surface area (Å²) in [5.41, 5.74) is 0. The SMILES string of the molecule is COC1=CNC=C(O)C(O)=C1O. The number of aliphatic hydroxyl groups excluding tert-OH is 3. The third-order valence-corrected chi connectivity index (χ3v) is 1.35. The molecule has 0 aromatic rings. The minimum Gasteiger partial charge on any atom is -0.503 e. The highest BCUT2D eigenvalue weighted by Crippen LogP contribution is 2.16. The summed E-state index contributed by atoms with van der Waals surface area (Å²) in [5, 5.41) is 29.7.